The van der Waals surface area contributed by atoms with Crippen molar-refractivity contribution in [3.8, 4) is 0 Å². The smallest absolute Gasteiger partial charge is 0.378 e. The predicted octanol–water partition coefficient (Wildman–Crippen LogP) is 3.85. The summed E-state index contributed by atoms with van der Waals surface area (Å²) >= 11 is 1.03. The Morgan fingerprint density at radius 3 is 2.63 bits per heavy atom. The minimum absolute atomic E-state index is 0.277. The molecule has 1 saturated carbocycles. The van der Waals surface area contributed by atoms with Gasteiger partial charge in [0.2, 0.25) is 0 Å². The van der Waals surface area contributed by atoms with Crippen molar-refractivity contribution in [2.24, 2.45) is 10.9 Å². The molecule has 1 unspecified atom stereocenters. The van der Waals surface area contributed by atoms with Crippen LogP contribution >= 0.6 is 11.3 Å². The number of aliphatic imine (C=N–C) groups is 1. The van der Waals surface area contributed by atoms with Gasteiger partial charge >= 0.3 is 6.18 Å². The number of aromatic nitrogens is 1. The van der Waals surface area contributed by atoms with Gasteiger partial charge in [0.25, 0.3) is 0 Å². The first-order valence-corrected chi connectivity index (χ1v) is 10.4. The highest BCUT2D eigenvalue weighted by Gasteiger charge is 2.33. The van der Waals surface area contributed by atoms with E-state index in [1.165, 1.54) is 25.7 Å². The van der Waals surface area contributed by atoms with Crippen LogP contribution in [-0.4, -0.2) is 43.8 Å². The molecule has 0 amide bonds. The molecule has 2 rings (SSSR count). The highest BCUT2D eigenvalue weighted by Crippen LogP contribution is 2.31. The molecule has 27 heavy (non-hydrogen) atoms. The van der Waals surface area contributed by atoms with Crippen molar-refractivity contribution in [3.05, 3.63) is 16.1 Å². The second kappa shape index (κ2) is 10.8. The molecule has 1 atom stereocenters. The minimum Gasteiger partial charge on any atom is -0.378 e. The van der Waals surface area contributed by atoms with Crippen LogP contribution in [0.15, 0.2) is 10.4 Å². The van der Waals surface area contributed by atoms with Crippen molar-refractivity contribution in [3.63, 3.8) is 0 Å². The second-order valence-electron chi connectivity index (χ2n) is 6.63. The van der Waals surface area contributed by atoms with Crippen molar-refractivity contribution >= 4 is 17.3 Å². The Kier molecular flexibility index (Phi) is 8.82. The van der Waals surface area contributed by atoms with Crippen molar-refractivity contribution < 1.29 is 17.9 Å². The summed E-state index contributed by atoms with van der Waals surface area (Å²) in [4.78, 5) is 7.79. The number of thiazole rings is 1. The quantitative estimate of drug-likeness (QED) is 0.483. The molecular weight excluding hydrogens is 377 g/mol. The van der Waals surface area contributed by atoms with Gasteiger partial charge in [0.15, 0.2) is 11.7 Å². The van der Waals surface area contributed by atoms with E-state index in [0.29, 0.717) is 29.9 Å². The summed E-state index contributed by atoms with van der Waals surface area (Å²) < 4.78 is 43.6. The Morgan fingerprint density at radius 2 is 2.04 bits per heavy atom. The van der Waals surface area contributed by atoms with Crippen LogP contribution in [0.2, 0.25) is 0 Å². The molecule has 1 heterocycles. The minimum atomic E-state index is -4.38. The molecule has 1 aliphatic rings. The summed E-state index contributed by atoms with van der Waals surface area (Å²) in [5.41, 5.74) is -0.820. The van der Waals surface area contributed by atoms with Gasteiger partial charge < -0.3 is 15.4 Å². The Morgan fingerprint density at radius 1 is 1.33 bits per heavy atom. The summed E-state index contributed by atoms with van der Waals surface area (Å²) in [6.45, 7) is 3.97. The zero-order chi connectivity index (χ0) is 19.7. The van der Waals surface area contributed by atoms with Crippen LogP contribution in [0.4, 0.5) is 13.2 Å². The third-order valence-corrected chi connectivity index (χ3v) is 5.63. The van der Waals surface area contributed by atoms with Gasteiger partial charge in [0.05, 0.1) is 11.1 Å². The molecule has 1 fully saturated rings. The third kappa shape index (κ3) is 7.29. The van der Waals surface area contributed by atoms with Crippen LogP contribution in [0.25, 0.3) is 0 Å². The standard InChI is InChI=1S/C18H29F3N4OS/c1-3-26-14(13-6-4-5-7-13)8-10-23-17(22-2)24-11-9-16-25-15(12-27-16)18(19,20)21/h12-14H,3-11H2,1-2H3,(H2,22,23,24). The average Bonchev–Trinajstić information content (AvgIpc) is 3.31. The predicted molar refractivity (Wildman–Crippen MR) is 102 cm³/mol. The summed E-state index contributed by atoms with van der Waals surface area (Å²) in [5.74, 6) is 1.29. The van der Waals surface area contributed by atoms with Crippen LogP contribution in [-0.2, 0) is 17.3 Å². The fraction of sp³-hybridized carbons (Fsp3) is 0.778. The number of alkyl halides is 3. The van der Waals surface area contributed by atoms with E-state index in [1.807, 2.05) is 6.92 Å². The molecule has 1 aliphatic carbocycles. The van der Waals surface area contributed by atoms with Gasteiger partial charge in [-0.15, -0.1) is 11.3 Å². The van der Waals surface area contributed by atoms with Gasteiger partial charge in [-0.25, -0.2) is 4.98 Å². The Labute approximate surface area is 162 Å². The maximum absolute atomic E-state index is 12.6. The second-order valence-corrected chi connectivity index (χ2v) is 7.57. The van der Waals surface area contributed by atoms with Crippen molar-refractivity contribution in [2.45, 2.75) is 57.7 Å². The van der Waals surface area contributed by atoms with Gasteiger partial charge in [0, 0.05) is 38.5 Å². The van der Waals surface area contributed by atoms with E-state index in [4.69, 9.17) is 4.74 Å². The molecule has 154 valence electrons. The molecule has 0 aromatic carbocycles. The molecule has 0 saturated heterocycles. The van der Waals surface area contributed by atoms with Gasteiger partial charge in [-0.3, -0.25) is 4.99 Å². The molecule has 0 bridgehead atoms. The topological polar surface area (TPSA) is 58.5 Å². The Bertz CT molecular complexity index is 585. The summed E-state index contributed by atoms with van der Waals surface area (Å²) in [7, 11) is 1.68. The number of rotatable bonds is 9. The van der Waals surface area contributed by atoms with Crippen molar-refractivity contribution in [1.29, 1.82) is 0 Å². The molecule has 0 aliphatic heterocycles. The monoisotopic (exact) mass is 406 g/mol. The number of guanidine groups is 1. The molecule has 0 spiro atoms. The zero-order valence-electron chi connectivity index (χ0n) is 15.9. The number of hydrogen-bond acceptors (Lipinski definition) is 4. The van der Waals surface area contributed by atoms with E-state index in [0.717, 1.165) is 36.3 Å². The molecule has 0 radical (unpaired) electrons. The van der Waals surface area contributed by atoms with E-state index in [1.54, 1.807) is 7.05 Å². The molecular formula is C18H29F3N4OS. The number of nitrogens with one attached hydrogen (secondary N) is 2. The molecule has 9 heteroatoms. The number of nitrogens with zero attached hydrogens (tertiary/aromatic N) is 2. The normalized spacial score (nSPS) is 17.3. The number of hydrogen-bond donors (Lipinski definition) is 2. The highest BCUT2D eigenvalue weighted by molar-refractivity contribution is 7.09. The SMILES string of the molecule is CCOC(CCNC(=NC)NCCc1nc(C(F)(F)F)cs1)C1CCCC1. The lowest BCUT2D eigenvalue weighted by atomic mass is 9.98. The first kappa shape index (κ1) is 21.9. The lowest BCUT2D eigenvalue weighted by Crippen LogP contribution is -2.40. The lowest BCUT2D eigenvalue weighted by molar-refractivity contribution is -0.140. The summed E-state index contributed by atoms with van der Waals surface area (Å²) in [6, 6.07) is 0. The molecule has 5 nitrogen and oxygen atoms in total. The maximum atomic E-state index is 12.6. The average molecular weight is 407 g/mol. The summed E-state index contributed by atoms with van der Waals surface area (Å²) in [5, 5.41) is 7.90. The Balaban J connectivity index is 1.70. The number of ether oxygens (including phenoxy) is 1. The lowest BCUT2D eigenvalue weighted by Gasteiger charge is -2.24. The largest absolute Gasteiger partial charge is 0.434 e. The van der Waals surface area contributed by atoms with E-state index < -0.39 is 11.9 Å². The van der Waals surface area contributed by atoms with Crippen LogP contribution in [0.5, 0.6) is 0 Å². The molecule has 1 aromatic rings. The van der Waals surface area contributed by atoms with E-state index >= 15 is 0 Å². The van der Waals surface area contributed by atoms with Crippen molar-refractivity contribution in [1.82, 2.24) is 15.6 Å². The van der Waals surface area contributed by atoms with Gasteiger partial charge in [-0.1, -0.05) is 12.8 Å². The first-order valence-electron chi connectivity index (χ1n) is 9.51. The highest BCUT2D eigenvalue weighted by atomic mass is 32.1. The van der Waals surface area contributed by atoms with Crippen LogP contribution in [0.3, 0.4) is 0 Å². The zero-order valence-corrected chi connectivity index (χ0v) is 16.8. The number of halogens is 3. The molecule has 2 N–H and O–H groups in total. The van der Waals surface area contributed by atoms with Crippen LogP contribution in [0.1, 0.15) is 49.7 Å². The maximum Gasteiger partial charge on any atom is 0.434 e. The van der Waals surface area contributed by atoms with Gasteiger partial charge in [-0.05, 0) is 32.1 Å². The van der Waals surface area contributed by atoms with Crippen LogP contribution < -0.4 is 10.6 Å². The fourth-order valence-corrected chi connectivity index (χ4v) is 4.20. The van der Waals surface area contributed by atoms with Crippen LogP contribution in [0, 0.1) is 5.92 Å². The fourth-order valence-electron chi connectivity index (χ4n) is 3.40. The van der Waals surface area contributed by atoms with Gasteiger partial charge in [-0.2, -0.15) is 13.2 Å². The first-order chi connectivity index (χ1) is 12.9. The Hall–Kier alpha value is -1.35. The third-order valence-electron chi connectivity index (χ3n) is 4.72. The van der Waals surface area contributed by atoms with Gasteiger partial charge in [0.1, 0.15) is 0 Å². The van der Waals surface area contributed by atoms with Crippen molar-refractivity contribution in [2.75, 3.05) is 26.7 Å². The van der Waals surface area contributed by atoms with E-state index in [2.05, 4.69) is 20.6 Å². The van der Waals surface area contributed by atoms with E-state index in [-0.39, 0.29) is 6.10 Å². The van der Waals surface area contributed by atoms with E-state index in [9.17, 15) is 13.2 Å². The summed E-state index contributed by atoms with van der Waals surface area (Å²) in [6.07, 6.45) is 2.30. The molecule has 1 aromatic heterocycles.